The Morgan fingerprint density at radius 1 is 1.39 bits per heavy atom. The molecule has 4 heteroatoms. The van der Waals surface area contributed by atoms with E-state index >= 15 is 0 Å². The van der Waals surface area contributed by atoms with E-state index in [1.165, 1.54) is 0 Å². The fourth-order valence-electron chi connectivity index (χ4n) is 1.83. The van der Waals surface area contributed by atoms with E-state index in [9.17, 15) is 4.79 Å². The number of amides is 1. The van der Waals surface area contributed by atoms with Gasteiger partial charge in [-0.2, -0.15) is 0 Å². The number of para-hydroxylation sites is 1. The molecule has 1 heterocycles. The van der Waals surface area contributed by atoms with E-state index in [0.29, 0.717) is 11.4 Å². The minimum Gasteiger partial charge on any atom is -0.350 e. The molecule has 3 nitrogen and oxygen atoms in total. The molecule has 0 fully saturated rings. The molecule has 0 aliphatic carbocycles. The second-order valence-electron chi connectivity index (χ2n) is 4.23. The summed E-state index contributed by atoms with van der Waals surface area (Å²) in [4.78, 5) is 16.4. The number of halogens is 1. The highest BCUT2D eigenvalue weighted by Gasteiger charge is 2.12. The lowest BCUT2D eigenvalue weighted by atomic mass is 10.1. The van der Waals surface area contributed by atoms with Crippen LogP contribution >= 0.6 is 11.6 Å². The lowest BCUT2D eigenvalue weighted by molar-refractivity contribution is 0.0941. The van der Waals surface area contributed by atoms with Gasteiger partial charge in [0, 0.05) is 23.5 Å². The van der Waals surface area contributed by atoms with Gasteiger partial charge in [0.15, 0.2) is 0 Å². The third kappa shape index (κ3) is 2.79. The van der Waals surface area contributed by atoms with Crippen molar-refractivity contribution in [3.63, 3.8) is 0 Å². The number of aromatic nitrogens is 1. The van der Waals surface area contributed by atoms with Crippen LogP contribution in [0.3, 0.4) is 0 Å². The summed E-state index contributed by atoms with van der Waals surface area (Å²) in [5, 5.41) is 3.81. The maximum absolute atomic E-state index is 12.2. The molecule has 0 saturated heterocycles. The van der Waals surface area contributed by atoms with Gasteiger partial charge in [-0.05, 0) is 25.5 Å². The predicted octanol–water partition coefficient (Wildman–Crippen LogP) is 2.98. The Hall–Kier alpha value is -1.61. The number of carbonyl (C=O) groups is 1. The minimum absolute atomic E-state index is 0.0712. The van der Waals surface area contributed by atoms with Crippen LogP contribution in [0.2, 0.25) is 0 Å². The number of hydrogen-bond donors (Lipinski definition) is 1. The van der Waals surface area contributed by atoms with Crippen molar-refractivity contribution >= 4 is 28.4 Å². The van der Waals surface area contributed by atoms with E-state index in [1.807, 2.05) is 31.2 Å². The fourth-order valence-corrected chi connectivity index (χ4v) is 2.16. The zero-order valence-electron chi connectivity index (χ0n) is 10.2. The summed E-state index contributed by atoms with van der Waals surface area (Å²) in [5.74, 6) is 0.463. The topological polar surface area (TPSA) is 42.0 Å². The van der Waals surface area contributed by atoms with Crippen LogP contribution in [0.25, 0.3) is 10.9 Å². The molecule has 1 aromatic heterocycles. The van der Waals surface area contributed by atoms with Gasteiger partial charge in [0.1, 0.15) is 0 Å². The fraction of sp³-hybridized carbons (Fsp3) is 0.286. The van der Waals surface area contributed by atoms with Gasteiger partial charge in [0.2, 0.25) is 0 Å². The van der Waals surface area contributed by atoms with Crippen molar-refractivity contribution in [2.75, 3.05) is 5.88 Å². The van der Waals surface area contributed by atoms with Crippen molar-refractivity contribution in [1.82, 2.24) is 10.3 Å². The van der Waals surface area contributed by atoms with Crippen LogP contribution in [0.1, 0.15) is 23.7 Å². The predicted molar refractivity (Wildman–Crippen MR) is 74.0 cm³/mol. The van der Waals surface area contributed by atoms with Gasteiger partial charge in [-0.3, -0.25) is 9.78 Å². The summed E-state index contributed by atoms with van der Waals surface area (Å²) in [6, 6.07) is 9.43. The van der Waals surface area contributed by atoms with E-state index in [-0.39, 0.29) is 11.9 Å². The Bertz CT molecular complexity index is 551. The summed E-state index contributed by atoms with van der Waals surface area (Å²) >= 11 is 5.66. The number of rotatable bonds is 4. The van der Waals surface area contributed by atoms with Gasteiger partial charge >= 0.3 is 0 Å². The maximum Gasteiger partial charge on any atom is 0.252 e. The molecule has 0 bridgehead atoms. The molecule has 0 aliphatic rings. The molecule has 94 valence electrons. The van der Waals surface area contributed by atoms with Gasteiger partial charge in [-0.15, -0.1) is 11.6 Å². The first-order valence-corrected chi connectivity index (χ1v) is 6.46. The van der Waals surface area contributed by atoms with Gasteiger partial charge in [0.25, 0.3) is 5.91 Å². The number of nitrogens with one attached hydrogen (secondary N) is 1. The summed E-state index contributed by atoms with van der Waals surface area (Å²) in [5.41, 5.74) is 1.48. The van der Waals surface area contributed by atoms with Crippen molar-refractivity contribution in [1.29, 1.82) is 0 Å². The van der Waals surface area contributed by atoms with Crippen LogP contribution in [-0.4, -0.2) is 22.8 Å². The van der Waals surface area contributed by atoms with Gasteiger partial charge in [0.05, 0.1) is 11.1 Å². The van der Waals surface area contributed by atoms with Crippen LogP contribution in [-0.2, 0) is 0 Å². The first-order valence-electron chi connectivity index (χ1n) is 5.93. The maximum atomic E-state index is 12.2. The van der Waals surface area contributed by atoms with Crippen molar-refractivity contribution in [3.05, 3.63) is 42.1 Å². The molecule has 2 rings (SSSR count). The third-order valence-electron chi connectivity index (χ3n) is 2.81. The molecule has 0 spiro atoms. The molecule has 1 amide bonds. The number of pyridine rings is 1. The third-order valence-corrected chi connectivity index (χ3v) is 3.03. The summed E-state index contributed by atoms with van der Waals surface area (Å²) in [6.45, 7) is 1.95. The number of fused-ring (bicyclic) bond motifs is 1. The van der Waals surface area contributed by atoms with E-state index < -0.39 is 0 Å². The Balaban J connectivity index is 2.28. The lowest BCUT2D eigenvalue weighted by Gasteiger charge is -2.13. The van der Waals surface area contributed by atoms with Crippen molar-refractivity contribution in [2.24, 2.45) is 0 Å². The largest absolute Gasteiger partial charge is 0.350 e. The molecule has 18 heavy (non-hydrogen) atoms. The summed E-state index contributed by atoms with van der Waals surface area (Å²) in [7, 11) is 0. The van der Waals surface area contributed by atoms with Crippen LogP contribution in [0, 0.1) is 0 Å². The zero-order chi connectivity index (χ0) is 13.0. The molecule has 1 aromatic carbocycles. The molecule has 2 aromatic rings. The van der Waals surface area contributed by atoms with E-state index in [0.717, 1.165) is 17.3 Å². The molecular weight excluding hydrogens is 248 g/mol. The van der Waals surface area contributed by atoms with E-state index in [2.05, 4.69) is 10.3 Å². The smallest absolute Gasteiger partial charge is 0.252 e. The molecule has 0 saturated carbocycles. The van der Waals surface area contributed by atoms with Crippen molar-refractivity contribution < 1.29 is 4.79 Å². The first-order chi connectivity index (χ1) is 8.72. The molecule has 1 N–H and O–H groups in total. The van der Waals surface area contributed by atoms with Crippen LogP contribution in [0.4, 0.5) is 0 Å². The molecule has 1 unspecified atom stereocenters. The highest BCUT2D eigenvalue weighted by molar-refractivity contribution is 6.17. The van der Waals surface area contributed by atoms with Gasteiger partial charge in [-0.1, -0.05) is 18.2 Å². The van der Waals surface area contributed by atoms with Gasteiger partial charge in [-0.25, -0.2) is 0 Å². The number of hydrogen-bond acceptors (Lipinski definition) is 2. The van der Waals surface area contributed by atoms with Crippen molar-refractivity contribution in [3.8, 4) is 0 Å². The lowest BCUT2D eigenvalue weighted by Crippen LogP contribution is -2.32. The monoisotopic (exact) mass is 262 g/mol. The summed E-state index contributed by atoms with van der Waals surface area (Å²) in [6.07, 6.45) is 2.42. The Morgan fingerprint density at radius 3 is 2.94 bits per heavy atom. The quantitative estimate of drug-likeness (QED) is 0.861. The average Bonchev–Trinajstić information content (AvgIpc) is 2.38. The number of benzene rings is 1. The Labute approximate surface area is 111 Å². The van der Waals surface area contributed by atoms with Gasteiger partial charge < -0.3 is 5.32 Å². The molecule has 0 aliphatic heterocycles. The number of nitrogens with zero attached hydrogens (tertiary/aromatic N) is 1. The average molecular weight is 263 g/mol. The normalized spacial score (nSPS) is 12.3. The van der Waals surface area contributed by atoms with Crippen LogP contribution in [0.5, 0.6) is 0 Å². The highest BCUT2D eigenvalue weighted by Crippen LogP contribution is 2.16. The second-order valence-corrected chi connectivity index (χ2v) is 4.61. The highest BCUT2D eigenvalue weighted by atomic mass is 35.5. The Morgan fingerprint density at radius 2 is 2.17 bits per heavy atom. The second kappa shape index (κ2) is 5.83. The molecule has 0 radical (unpaired) electrons. The van der Waals surface area contributed by atoms with E-state index in [1.54, 1.807) is 12.3 Å². The SMILES string of the molecule is CC(CCCl)NC(=O)c1ccnc2ccccc12. The number of alkyl halides is 1. The van der Waals surface area contributed by atoms with Crippen LogP contribution < -0.4 is 5.32 Å². The Kier molecular flexibility index (Phi) is 4.15. The standard InChI is InChI=1S/C14H15ClN2O/c1-10(6-8-15)17-14(18)12-7-9-16-13-5-3-2-4-11(12)13/h2-5,7,9-10H,6,8H2,1H3,(H,17,18). The van der Waals surface area contributed by atoms with Crippen LogP contribution in [0.15, 0.2) is 36.5 Å². The van der Waals surface area contributed by atoms with Crippen molar-refractivity contribution in [2.45, 2.75) is 19.4 Å². The molecular formula is C14H15ClN2O. The zero-order valence-corrected chi connectivity index (χ0v) is 10.9. The minimum atomic E-state index is -0.0776. The number of carbonyl (C=O) groups excluding carboxylic acids is 1. The van der Waals surface area contributed by atoms with E-state index in [4.69, 9.17) is 11.6 Å². The first kappa shape index (κ1) is 12.8. The summed E-state index contributed by atoms with van der Waals surface area (Å²) < 4.78 is 0. The molecule has 1 atom stereocenters.